The van der Waals surface area contributed by atoms with Crippen molar-refractivity contribution in [2.75, 3.05) is 52.4 Å². The summed E-state index contributed by atoms with van der Waals surface area (Å²) in [6, 6.07) is 5.94. The van der Waals surface area contributed by atoms with Crippen LogP contribution >= 0.6 is 0 Å². The van der Waals surface area contributed by atoms with E-state index < -0.39 is 0 Å². The van der Waals surface area contributed by atoms with E-state index in [1.807, 2.05) is 0 Å². The number of carbonyl (C=O) groups is 2. The van der Waals surface area contributed by atoms with Crippen LogP contribution in [-0.4, -0.2) is 78.9 Å². The maximum Gasteiger partial charge on any atom is 0.175 e. The third-order valence-electron chi connectivity index (χ3n) is 5.51. The maximum atomic E-state index is 13.1. The molecule has 0 radical (unpaired) electrons. The standard InChI is InChI=1S/C21H28FN3O3/c22-17-3-1-16(2-4-17)18-5-6-20(27)19(21(18)28)15-23-7-8-24-9-11-25(12-10-24)13-14-26/h1-4,15,18,23,26H,5-14H2. The van der Waals surface area contributed by atoms with Gasteiger partial charge in [0.25, 0.3) is 0 Å². The molecule has 1 saturated heterocycles. The molecule has 1 saturated carbocycles. The number of nitrogens with one attached hydrogen (secondary N) is 1. The normalized spacial score (nSPS) is 23.4. The van der Waals surface area contributed by atoms with Crippen molar-refractivity contribution >= 4 is 11.6 Å². The van der Waals surface area contributed by atoms with Crippen molar-refractivity contribution in [3.8, 4) is 0 Å². The van der Waals surface area contributed by atoms with Gasteiger partial charge in [-0.3, -0.25) is 19.4 Å². The van der Waals surface area contributed by atoms with Gasteiger partial charge < -0.3 is 10.4 Å². The number of β-amino-alcohol motifs (C(OH)–C–C–N with tert-alkyl or cyclic N) is 1. The first kappa shape index (κ1) is 20.6. The number of aliphatic hydroxyl groups is 1. The Kier molecular flexibility index (Phi) is 7.30. The summed E-state index contributed by atoms with van der Waals surface area (Å²) in [4.78, 5) is 29.5. The fraction of sp³-hybridized carbons (Fsp3) is 0.524. The molecule has 0 bridgehead atoms. The van der Waals surface area contributed by atoms with Gasteiger partial charge in [0.15, 0.2) is 11.6 Å². The average molecular weight is 389 g/mol. The summed E-state index contributed by atoms with van der Waals surface area (Å²) >= 11 is 0. The number of aliphatic hydroxyl groups excluding tert-OH is 1. The quantitative estimate of drug-likeness (QED) is 0.411. The highest BCUT2D eigenvalue weighted by Gasteiger charge is 2.33. The van der Waals surface area contributed by atoms with E-state index in [4.69, 9.17) is 5.11 Å². The summed E-state index contributed by atoms with van der Waals surface area (Å²) in [5.74, 6) is -1.04. The number of carbonyl (C=O) groups excluding carboxylic acids is 2. The van der Waals surface area contributed by atoms with E-state index in [0.717, 1.165) is 44.8 Å². The zero-order valence-corrected chi connectivity index (χ0v) is 16.1. The Bertz CT molecular complexity index is 712. The summed E-state index contributed by atoms with van der Waals surface area (Å²) in [7, 11) is 0. The van der Waals surface area contributed by atoms with E-state index in [9.17, 15) is 14.0 Å². The average Bonchev–Trinajstić information content (AvgIpc) is 2.70. The van der Waals surface area contributed by atoms with E-state index in [1.54, 1.807) is 18.3 Å². The van der Waals surface area contributed by atoms with Crippen LogP contribution in [0.15, 0.2) is 36.0 Å². The van der Waals surface area contributed by atoms with Gasteiger partial charge in [-0.1, -0.05) is 12.1 Å². The molecular weight excluding hydrogens is 361 g/mol. The molecule has 2 N–H and O–H groups in total. The van der Waals surface area contributed by atoms with Crippen LogP contribution in [0.3, 0.4) is 0 Å². The lowest BCUT2D eigenvalue weighted by Crippen LogP contribution is -2.48. The molecule has 152 valence electrons. The summed E-state index contributed by atoms with van der Waals surface area (Å²) in [6.45, 7) is 6.18. The topological polar surface area (TPSA) is 72.9 Å². The number of ketones is 2. The number of halogens is 1. The molecule has 1 aromatic carbocycles. The molecular formula is C21H28FN3O3. The summed E-state index contributed by atoms with van der Waals surface area (Å²) in [5.41, 5.74) is 0.971. The van der Waals surface area contributed by atoms with E-state index in [2.05, 4.69) is 15.1 Å². The van der Waals surface area contributed by atoms with Crippen LogP contribution in [0.2, 0.25) is 0 Å². The molecule has 28 heavy (non-hydrogen) atoms. The highest BCUT2D eigenvalue weighted by molar-refractivity contribution is 6.23. The Balaban J connectivity index is 1.50. The molecule has 2 fully saturated rings. The molecule has 1 aliphatic carbocycles. The van der Waals surface area contributed by atoms with Crippen LogP contribution in [-0.2, 0) is 9.59 Å². The number of hydrogen-bond acceptors (Lipinski definition) is 6. The third kappa shape index (κ3) is 5.25. The van der Waals surface area contributed by atoms with Crippen LogP contribution in [0.1, 0.15) is 24.3 Å². The fourth-order valence-corrected chi connectivity index (χ4v) is 3.81. The van der Waals surface area contributed by atoms with Gasteiger partial charge >= 0.3 is 0 Å². The van der Waals surface area contributed by atoms with Crippen LogP contribution in [0.5, 0.6) is 0 Å². The van der Waals surface area contributed by atoms with E-state index in [1.165, 1.54) is 12.1 Å². The molecule has 6 nitrogen and oxygen atoms in total. The first-order valence-electron chi connectivity index (χ1n) is 9.90. The molecule has 0 amide bonds. The lowest BCUT2D eigenvalue weighted by molar-refractivity contribution is -0.124. The minimum absolute atomic E-state index is 0.131. The number of piperazine rings is 1. The lowest BCUT2D eigenvalue weighted by atomic mass is 9.79. The Morgan fingerprint density at radius 1 is 1.07 bits per heavy atom. The van der Waals surface area contributed by atoms with Gasteiger partial charge in [-0.05, 0) is 24.1 Å². The highest BCUT2D eigenvalue weighted by Crippen LogP contribution is 2.31. The van der Waals surface area contributed by atoms with Crippen molar-refractivity contribution in [2.24, 2.45) is 0 Å². The summed E-state index contributed by atoms with van der Waals surface area (Å²) in [6.07, 6.45) is 2.36. The number of hydrogen-bond donors (Lipinski definition) is 2. The van der Waals surface area contributed by atoms with Gasteiger partial charge in [0.1, 0.15) is 5.82 Å². The van der Waals surface area contributed by atoms with Gasteiger partial charge in [0.2, 0.25) is 0 Å². The number of benzene rings is 1. The molecule has 0 aromatic heterocycles. The monoisotopic (exact) mass is 389 g/mol. The summed E-state index contributed by atoms with van der Waals surface area (Å²) in [5, 5.41) is 12.1. The van der Waals surface area contributed by atoms with Crippen molar-refractivity contribution < 1.29 is 19.1 Å². The smallest absolute Gasteiger partial charge is 0.175 e. The number of nitrogens with zero attached hydrogens (tertiary/aromatic N) is 2. The minimum atomic E-state index is -0.383. The van der Waals surface area contributed by atoms with Crippen molar-refractivity contribution in [1.29, 1.82) is 0 Å². The van der Waals surface area contributed by atoms with Gasteiger partial charge in [-0.2, -0.15) is 0 Å². The largest absolute Gasteiger partial charge is 0.395 e. The molecule has 1 unspecified atom stereocenters. The number of Topliss-reactive ketones (excluding diaryl/α,β-unsaturated/α-hetero) is 2. The third-order valence-corrected chi connectivity index (χ3v) is 5.51. The lowest BCUT2D eigenvalue weighted by Gasteiger charge is -2.34. The number of allylic oxidation sites excluding steroid dienone is 1. The Morgan fingerprint density at radius 2 is 1.71 bits per heavy atom. The summed E-state index contributed by atoms with van der Waals surface area (Å²) < 4.78 is 13.1. The second-order valence-electron chi connectivity index (χ2n) is 7.35. The fourth-order valence-electron chi connectivity index (χ4n) is 3.81. The SMILES string of the molecule is O=C1CCC(c2ccc(F)cc2)C(=O)C1=CNCCN1CCN(CCO)CC1. The van der Waals surface area contributed by atoms with Gasteiger partial charge in [-0.25, -0.2) is 4.39 Å². The van der Waals surface area contributed by atoms with Crippen molar-refractivity contribution in [2.45, 2.75) is 18.8 Å². The molecule has 1 aliphatic heterocycles. The molecule has 2 aliphatic rings. The predicted octanol–water partition coefficient (Wildman–Crippen LogP) is 0.925. The molecule has 3 rings (SSSR count). The Labute approximate surface area is 165 Å². The Hall–Kier alpha value is -2.09. The van der Waals surface area contributed by atoms with Crippen molar-refractivity contribution in [3.63, 3.8) is 0 Å². The van der Waals surface area contributed by atoms with Crippen molar-refractivity contribution in [1.82, 2.24) is 15.1 Å². The van der Waals surface area contributed by atoms with Crippen molar-refractivity contribution in [3.05, 3.63) is 47.4 Å². The molecule has 0 spiro atoms. The van der Waals surface area contributed by atoms with Crippen LogP contribution in [0.4, 0.5) is 4.39 Å². The van der Waals surface area contributed by atoms with Gasteiger partial charge in [-0.15, -0.1) is 0 Å². The highest BCUT2D eigenvalue weighted by atomic mass is 19.1. The van der Waals surface area contributed by atoms with Crippen LogP contribution in [0, 0.1) is 5.82 Å². The van der Waals surface area contributed by atoms with Crippen LogP contribution in [0.25, 0.3) is 0 Å². The predicted molar refractivity (Wildman–Crippen MR) is 104 cm³/mol. The first-order valence-corrected chi connectivity index (χ1v) is 9.90. The zero-order valence-electron chi connectivity index (χ0n) is 16.1. The van der Waals surface area contributed by atoms with Gasteiger partial charge in [0, 0.05) is 64.4 Å². The Morgan fingerprint density at radius 3 is 2.36 bits per heavy atom. The van der Waals surface area contributed by atoms with E-state index in [0.29, 0.717) is 19.4 Å². The second-order valence-corrected chi connectivity index (χ2v) is 7.35. The van der Waals surface area contributed by atoms with E-state index in [-0.39, 0.29) is 35.5 Å². The van der Waals surface area contributed by atoms with Crippen LogP contribution < -0.4 is 5.32 Å². The first-order chi connectivity index (χ1) is 13.6. The molecule has 1 heterocycles. The van der Waals surface area contributed by atoms with E-state index >= 15 is 0 Å². The molecule has 1 aromatic rings. The minimum Gasteiger partial charge on any atom is -0.395 e. The zero-order chi connectivity index (χ0) is 19.9. The molecule has 7 heteroatoms. The second kappa shape index (κ2) is 9.91. The molecule has 1 atom stereocenters. The van der Waals surface area contributed by atoms with Gasteiger partial charge in [0.05, 0.1) is 12.2 Å². The number of rotatable bonds is 7. The maximum absolute atomic E-state index is 13.1.